The van der Waals surface area contributed by atoms with Crippen LogP contribution in [0, 0.1) is 6.92 Å². The number of nitrogens with two attached hydrogens (primary N) is 1. The Kier molecular flexibility index (Phi) is 4.81. The third-order valence-corrected chi connectivity index (χ3v) is 3.75. The van der Waals surface area contributed by atoms with Crippen LogP contribution in [0.25, 0.3) is 0 Å². The van der Waals surface area contributed by atoms with Gasteiger partial charge in [0, 0.05) is 10.5 Å². The van der Waals surface area contributed by atoms with Crippen LogP contribution in [-0.2, 0) is 0 Å². The maximum Gasteiger partial charge on any atom is 0.0207 e. The van der Waals surface area contributed by atoms with Gasteiger partial charge in [0.2, 0.25) is 0 Å². The molecule has 15 heavy (non-hydrogen) atoms. The van der Waals surface area contributed by atoms with Gasteiger partial charge in [-0.25, -0.2) is 0 Å². The van der Waals surface area contributed by atoms with Crippen LogP contribution in [0.4, 0.5) is 0 Å². The highest BCUT2D eigenvalue weighted by Gasteiger charge is 2.10. The van der Waals surface area contributed by atoms with Crippen LogP contribution in [0.15, 0.2) is 22.7 Å². The first-order valence-electron chi connectivity index (χ1n) is 5.53. The standard InChI is InChI=1S/C13H20BrN/c1-9(7-8-10(2)15)12-5-4-6-13(14)11(12)3/h4-6,9-10H,7-8,15H2,1-3H3. The minimum Gasteiger partial charge on any atom is -0.328 e. The summed E-state index contributed by atoms with van der Waals surface area (Å²) in [5.41, 5.74) is 8.57. The normalized spacial score (nSPS) is 15.0. The fraction of sp³-hybridized carbons (Fsp3) is 0.538. The number of hydrogen-bond donors (Lipinski definition) is 1. The molecule has 2 heteroatoms. The van der Waals surface area contributed by atoms with Gasteiger partial charge in [0.1, 0.15) is 0 Å². The molecule has 0 heterocycles. The molecule has 0 saturated carbocycles. The van der Waals surface area contributed by atoms with Crippen molar-refractivity contribution in [2.24, 2.45) is 5.73 Å². The first-order chi connectivity index (χ1) is 7.02. The summed E-state index contributed by atoms with van der Waals surface area (Å²) in [7, 11) is 0. The Labute approximate surface area is 101 Å². The number of rotatable bonds is 4. The Hall–Kier alpha value is -0.340. The molecular formula is C13H20BrN. The molecule has 0 aliphatic rings. The summed E-state index contributed by atoms with van der Waals surface area (Å²) >= 11 is 3.57. The molecule has 84 valence electrons. The Morgan fingerprint density at radius 2 is 1.93 bits per heavy atom. The molecule has 2 atom stereocenters. The smallest absolute Gasteiger partial charge is 0.0207 e. The second-order valence-corrected chi connectivity index (χ2v) is 5.26. The first kappa shape index (κ1) is 12.7. The van der Waals surface area contributed by atoms with Crippen LogP contribution in [0.3, 0.4) is 0 Å². The molecule has 0 aliphatic heterocycles. The lowest BCUT2D eigenvalue weighted by atomic mass is 9.91. The molecule has 0 radical (unpaired) electrons. The van der Waals surface area contributed by atoms with Crippen molar-refractivity contribution in [3.8, 4) is 0 Å². The van der Waals surface area contributed by atoms with Gasteiger partial charge in [-0.15, -0.1) is 0 Å². The fourth-order valence-corrected chi connectivity index (χ4v) is 2.21. The van der Waals surface area contributed by atoms with E-state index < -0.39 is 0 Å². The second-order valence-electron chi connectivity index (χ2n) is 4.41. The minimum atomic E-state index is 0.305. The molecule has 0 amide bonds. The van der Waals surface area contributed by atoms with Gasteiger partial charge >= 0.3 is 0 Å². The molecule has 1 rings (SSSR count). The maximum absolute atomic E-state index is 5.78. The highest BCUT2D eigenvalue weighted by molar-refractivity contribution is 9.10. The summed E-state index contributed by atoms with van der Waals surface area (Å²) in [5.74, 6) is 0.591. The molecule has 1 aromatic carbocycles. The van der Waals surface area contributed by atoms with E-state index in [4.69, 9.17) is 5.73 Å². The van der Waals surface area contributed by atoms with E-state index in [1.165, 1.54) is 15.6 Å². The van der Waals surface area contributed by atoms with Gasteiger partial charge in [-0.1, -0.05) is 35.0 Å². The van der Waals surface area contributed by atoms with Crippen molar-refractivity contribution in [2.75, 3.05) is 0 Å². The lowest BCUT2D eigenvalue weighted by molar-refractivity contribution is 0.567. The van der Waals surface area contributed by atoms with Crippen molar-refractivity contribution in [1.29, 1.82) is 0 Å². The molecule has 0 spiro atoms. The van der Waals surface area contributed by atoms with Crippen molar-refractivity contribution < 1.29 is 0 Å². The molecule has 2 N–H and O–H groups in total. The van der Waals surface area contributed by atoms with Crippen molar-refractivity contribution in [2.45, 2.75) is 45.6 Å². The summed E-state index contributed by atoms with van der Waals surface area (Å²) in [6.07, 6.45) is 2.25. The number of halogens is 1. The summed E-state index contributed by atoms with van der Waals surface area (Å²) in [6, 6.07) is 6.72. The summed E-state index contributed by atoms with van der Waals surface area (Å²) in [6.45, 7) is 6.51. The van der Waals surface area contributed by atoms with Crippen LogP contribution in [0.2, 0.25) is 0 Å². The first-order valence-corrected chi connectivity index (χ1v) is 6.32. The minimum absolute atomic E-state index is 0.305. The Balaban J connectivity index is 2.73. The quantitative estimate of drug-likeness (QED) is 0.879. The van der Waals surface area contributed by atoms with Gasteiger partial charge < -0.3 is 5.73 Å². The van der Waals surface area contributed by atoms with E-state index in [2.05, 4.69) is 54.9 Å². The van der Waals surface area contributed by atoms with Crippen molar-refractivity contribution in [3.63, 3.8) is 0 Å². The summed E-state index contributed by atoms with van der Waals surface area (Å²) < 4.78 is 1.20. The van der Waals surface area contributed by atoms with E-state index in [-0.39, 0.29) is 0 Å². The number of hydrogen-bond acceptors (Lipinski definition) is 1. The molecule has 0 saturated heterocycles. The highest BCUT2D eigenvalue weighted by Crippen LogP contribution is 2.28. The van der Waals surface area contributed by atoms with Crippen LogP contribution in [0.1, 0.15) is 43.7 Å². The topological polar surface area (TPSA) is 26.0 Å². The van der Waals surface area contributed by atoms with Crippen molar-refractivity contribution in [1.82, 2.24) is 0 Å². The Morgan fingerprint density at radius 1 is 1.27 bits per heavy atom. The van der Waals surface area contributed by atoms with E-state index in [1.807, 2.05) is 0 Å². The predicted molar refractivity (Wildman–Crippen MR) is 70.2 cm³/mol. The van der Waals surface area contributed by atoms with E-state index in [0.717, 1.165) is 12.8 Å². The molecule has 0 fully saturated rings. The van der Waals surface area contributed by atoms with E-state index in [9.17, 15) is 0 Å². The Bertz CT molecular complexity index is 320. The average Bonchev–Trinajstić information content (AvgIpc) is 2.18. The van der Waals surface area contributed by atoms with Crippen LogP contribution in [-0.4, -0.2) is 6.04 Å². The van der Waals surface area contributed by atoms with Gasteiger partial charge in [-0.05, 0) is 49.8 Å². The van der Waals surface area contributed by atoms with Crippen molar-refractivity contribution >= 4 is 15.9 Å². The third kappa shape index (κ3) is 3.62. The molecule has 0 bridgehead atoms. The maximum atomic E-state index is 5.78. The molecule has 1 nitrogen and oxygen atoms in total. The van der Waals surface area contributed by atoms with E-state index in [1.54, 1.807) is 0 Å². The van der Waals surface area contributed by atoms with Gasteiger partial charge in [-0.2, -0.15) is 0 Å². The molecule has 0 aliphatic carbocycles. The summed E-state index contributed by atoms with van der Waals surface area (Å²) in [4.78, 5) is 0. The van der Waals surface area contributed by atoms with Gasteiger partial charge in [0.25, 0.3) is 0 Å². The van der Waals surface area contributed by atoms with Crippen LogP contribution < -0.4 is 5.73 Å². The largest absolute Gasteiger partial charge is 0.328 e. The average molecular weight is 270 g/mol. The highest BCUT2D eigenvalue weighted by atomic mass is 79.9. The van der Waals surface area contributed by atoms with Gasteiger partial charge in [-0.3, -0.25) is 0 Å². The lowest BCUT2D eigenvalue weighted by Crippen LogP contribution is -2.15. The van der Waals surface area contributed by atoms with E-state index >= 15 is 0 Å². The zero-order valence-electron chi connectivity index (χ0n) is 9.76. The van der Waals surface area contributed by atoms with Crippen LogP contribution >= 0.6 is 15.9 Å². The van der Waals surface area contributed by atoms with E-state index in [0.29, 0.717) is 12.0 Å². The molecule has 2 unspecified atom stereocenters. The third-order valence-electron chi connectivity index (χ3n) is 2.90. The zero-order valence-corrected chi connectivity index (χ0v) is 11.3. The molecule has 0 aromatic heterocycles. The SMILES string of the molecule is Cc1c(Br)cccc1C(C)CCC(C)N. The summed E-state index contributed by atoms with van der Waals surface area (Å²) in [5, 5.41) is 0. The van der Waals surface area contributed by atoms with Gasteiger partial charge in [0.15, 0.2) is 0 Å². The Morgan fingerprint density at radius 3 is 2.53 bits per heavy atom. The van der Waals surface area contributed by atoms with Crippen LogP contribution in [0.5, 0.6) is 0 Å². The van der Waals surface area contributed by atoms with Crippen molar-refractivity contribution in [3.05, 3.63) is 33.8 Å². The fourth-order valence-electron chi connectivity index (χ4n) is 1.83. The zero-order chi connectivity index (χ0) is 11.4. The predicted octanol–water partition coefficient (Wildman–Crippen LogP) is 3.99. The second kappa shape index (κ2) is 5.66. The monoisotopic (exact) mass is 269 g/mol. The number of benzene rings is 1. The van der Waals surface area contributed by atoms with Gasteiger partial charge in [0.05, 0.1) is 0 Å². The lowest BCUT2D eigenvalue weighted by Gasteiger charge is -2.16. The molecular weight excluding hydrogens is 250 g/mol. The molecule has 1 aromatic rings.